The van der Waals surface area contributed by atoms with E-state index in [-0.39, 0.29) is 31.1 Å². The van der Waals surface area contributed by atoms with Crippen LogP contribution in [0.5, 0.6) is 0 Å². The van der Waals surface area contributed by atoms with Gasteiger partial charge in [0.1, 0.15) is 0 Å². The van der Waals surface area contributed by atoms with Gasteiger partial charge >= 0.3 is 12.0 Å². The molecule has 0 aromatic rings. The number of carboxylic acid groups (broad SMARTS) is 1. The molecule has 0 aromatic carbocycles. The fourth-order valence-corrected chi connectivity index (χ4v) is 1.75. The maximum atomic E-state index is 12.1. The molecular weight excluding hydrogens is 224 g/mol. The van der Waals surface area contributed by atoms with Crippen LogP contribution in [-0.4, -0.2) is 65.8 Å². The highest BCUT2D eigenvalue weighted by Gasteiger charge is 2.29. The van der Waals surface area contributed by atoms with E-state index in [2.05, 4.69) is 0 Å². The highest BCUT2D eigenvalue weighted by molar-refractivity contribution is 5.75. The zero-order chi connectivity index (χ0) is 13.0. The van der Waals surface area contributed by atoms with Gasteiger partial charge in [-0.05, 0) is 13.8 Å². The summed E-state index contributed by atoms with van der Waals surface area (Å²) in [5.74, 6) is -0.895. The number of carboxylic acids is 1. The Morgan fingerprint density at radius 2 is 2.12 bits per heavy atom. The molecule has 6 heteroatoms. The number of morpholine rings is 1. The SMILES string of the molecule is CC1CN(C(=O)N(C)CCC(=O)O)C(C)CO1. The summed E-state index contributed by atoms with van der Waals surface area (Å²) >= 11 is 0. The number of carbonyl (C=O) groups excluding carboxylic acids is 1. The van der Waals surface area contributed by atoms with Gasteiger partial charge in [0.05, 0.1) is 25.2 Å². The van der Waals surface area contributed by atoms with Crippen molar-refractivity contribution in [3.05, 3.63) is 0 Å². The van der Waals surface area contributed by atoms with Crippen molar-refractivity contribution in [2.24, 2.45) is 0 Å². The largest absolute Gasteiger partial charge is 0.481 e. The minimum atomic E-state index is -0.895. The summed E-state index contributed by atoms with van der Waals surface area (Å²) < 4.78 is 5.44. The molecule has 2 amide bonds. The molecule has 0 spiro atoms. The Morgan fingerprint density at radius 1 is 1.47 bits per heavy atom. The number of hydrogen-bond acceptors (Lipinski definition) is 3. The Balaban J connectivity index is 2.52. The number of hydrogen-bond donors (Lipinski definition) is 1. The standard InChI is InChI=1S/C11H20N2O4/c1-8-7-17-9(2)6-13(8)11(16)12(3)5-4-10(14)15/h8-9H,4-7H2,1-3H3,(H,14,15). The average Bonchev–Trinajstić information content (AvgIpc) is 2.28. The predicted molar refractivity (Wildman–Crippen MR) is 61.9 cm³/mol. The topological polar surface area (TPSA) is 70.1 Å². The van der Waals surface area contributed by atoms with Crippen molar-refractivity contribution < 1.29 is 19.4 Å². The molecule has 1 rings (SSSR count). The number of aliphatic carboxylic acids is 1. The van der Waals surface area contributed by atoms with Crippen LogP contribution in [0.1, 0.15) is 20.3 Å². The van der Waals surface area contributed by atoms with Crippen LogP contribution in [0.15, 0.2) is 0 Å². The van der Waals surface area contributed by atoms with Gasteiger partial charge in [-0.3, -0.25) is 4.79 Å². The summed E-state index contributed by atoms with van der Waals surface area (Å²) in [5, 5.41) is 8.58. The minimum Gasteiger partial charge on any atom is -0.481 e. The van der Waals surface area contributed by atoms with E-state index in [1.807, 2.05) is 13.8 Å². The summed E-state index contributed by atoms with van der Waals surface area (Å²) in [6.45, 7) is 5.15. The number of ether oxygens (including phenoxy) is 1. The van der Waals surface area contributed by atoms with Crippen molar-refractivity contribution in [3.8, 4) is 0 Å². The number of carbonyl (C=O) groups is 2. The van der Waals surface area contributed by atoms with E-state index in [0.29, 0.717) is 13.2 Å². The molecule has 1 fully saturated rings. The first-order chi connectivity index (χ1) is 7.91. The fourth-order valence-electron chi connectivity index (χ4n) is 1.75. The van der Waals surface area contributed by atoms with Crippen LogP contribution in [0, 0.1) is 0 Å². The van der Waals surface area contributed by atoms with E-state index in [4.69, 9.17) is 9.84 Å². The summed E-state index contributed by atoms with van der Waals surface area (Å²) in [6, 6.07) is -0.0973. The first-order valence-electron chi connectivity index (χ1n) is 5.77. The maximum Gasteiger partial charge on any atom is 0.320 e. The van der Waals surface area contributed by atoms with Crippen LogP contribution < -0.4 is 0 Å². The molecule has 0 radical (unpaired) electrons. The van der Waals surface area contributed by atoms with Gasteiger partial charge in [0.25, 0.3) is 0 Å². The highest BCUT2D eigenvalue weighted by atomic mass is 16.5. The van der Waals surface area contributed by atoms with Gasteiger partial charge in [0, 0.05) is 20.1 Å². The van der Waals surface area contributed by atoms with Crippen molar-refractivity contribution in [1.29, 1.82) is 0 Å². The van der Waals surface area contributed by atoms with Crippen molar-refractivity contribution >= 4 is 12.0 Å². The van der Waals surface area contributed by atoms with Crippen molar-refractivity contribution in [1.82, 2.24) is 9.80 Å². The molecular formula is C11H20N2O4. The molecule has 1 aliphatic heterocycles. The Hall–Kier alpha value is -1.30. The minimum absolute atomic E-state index is 0.0306. The molecule has 1 saturated heterocycles. The molecule has 0 aromatic heterocycles. The molecule has 1 N–H and O–H groups in total. The van der Waals surface area contributed by atoms with Gasteiger partial charge in [-0.1, -0.05) is 0 Å². The van der Waals surface area contributed by atoms with Gasteiger partial charge in [0.15, 0.2) is 0 Å². The number of rotatable bonds is 3. The Labute approximate surface area is 101 Å². The quantitative estimate of drug-likeness (QED) is 0.790. The van der Waals surface area contributed by atoms with Crippen LogP contribution in [0.25, 0.3) is 0 Å². The predicted octanol–water partition coefficient (Wildman–Crippen LogP) is 0.622. The zero-order valence-corrected chi connectivity index (χ0v) is 10.5. The fraction of sp³-hybridized carbons (Fsp3) is 0.818. The summed E-state index contributed by atoms with van der Waals surface area (Å²) in [4.78, 5) is 25.7. The molecule has 98 valence electrons. The molecule has 17 heavy (non-hydrogen) atoms. The van der Waals surface area contributed by atoms with Crippen molar-refractivity contribution in [2.45, 2.75) is 32.4 Å². The third kappa shape index (κ3) is 3.89. The Bertz CT molecular complexity index is 295. The molecule has 2 atom stereocenters. The second-order valence-electron chi connectivity index (χ2n) is 4.49. The van der Waals surface area contributed by atoms with Gasteiger partial charge in [-0.2, -0.15) is 0 Å². The van der Waals surface area contributed by atoms with Gasteiger partial charge < -0.3 is 19.6 Å². The Morgan fingerprint density at radius 3 is 2.71 bits per heavy atom. The molecule has 1 heterocycles. The molecule has 0 aliphatic carbocycles. The number of amides is 2. The second-order valence-corrected chi connectivity index (χ2v) is 4.49. The number of nitrogens with zero attached hydrogens (tertiary/aromatic N) is 2. The van der Waals surface area contributed by atoms with E-state index >= 15 is 0 Å². The highest BCUT2D eigenvalue weighted by Crippen LogP contribution is 2.13. The van der Waals surface area contributed by atoms with Crippen LogP contribution in [0.2, 0.25) is 0 Å². The molecule has 2 unspecified atom stereocenters. The lowest BCUT2D eigenvalue weighted by Gasteiger charge is -2.38. The normalized spacial score (nSPS) is 24.5. The van der Waals surface area contributed by atoms with E-state index in [1.165, 1.54) is 4.90 Å². The smallest absolute Gasteiger partial charge is 0.320 e. The molecule has 1 aliphatic rings. The molecule has 0 bridgehead atoms. The van der Waals surface area contributed by atoms with Crippen molar-refractivity contribution in [3.63, 3.8) is 0 Å². The van der Waals surface area contributed by atoms with Crippen LogP contribution in [-0.2, 0) is 9.53 Å². The summed E-state index contributed by atoms with van der Waals surface area (Å²) in [6.07, 6.45) is -0.000658. The van der Waals surface area contributed by atoms with Crippen LogP contribution in [0.4, 0.5) is 4.79 Å². The van der Waals surface area contributed by atoms with E-state index < -0.39 is 5.97 Å². The first-order valence-corrected chi connectivity index (χ1v) is 5.77. The summed E-state index contributed by atoms with van der Waals surface area (Å²) in [7, 11) is 1.62. The second kappa shape index (κ2) is 5.86. The summed E-state index contributed by atoms with van der Waals surface area (Å²) in [5.41, 5.74) is 0. The molecule has 6 nitrogen and oxygen atoms in total. The lowest BCUT2D eigenvalue weighted by Crippen LogP contribution is -2.54. The average molecular weight is 244 g/mol. The maximum absolute atomic E-state index is 12.1. The monoisotopic (exact) mass is 244 g/mol. The third-order valence-corrected chi connectivity index (χ3v) is 2.84. The lowest BCUT2D eigenvalue weighted by atomic mass is 10.2. The van der Waals surface area contributed by atoms with Gasteiger partial charge in [-0.15, -0.1) is 0 Å². The molecule has 0 saturated carbocycles. The van der Waals surface area contributed by atoms with Crippen molar-refractivity contribution in [2.75, 3.05) is 26.7 Å². The Kier molecular flexibility index (Phi) is 4.74. The van der Waals surface area contributed by atoms with E-state index in [0.717, 1.165) is 0 Å². The van der Waals surface area contributed by atoms with Gasteiger partial charge in [-0.25, -0.2) is 4.79 Å². The third-order valence-electron chi connectivity index (χ3n) is 2.84. The van der Waals surface area contributed by atoms with E-state index in [1.54, 1.807) is 11.9 Å². The zero-order valence-electron chi connectivity index (χ0n) is 10.5. The van der Waals surface area contributed by atoms with E-state index in [9.17, 15) is 9.59 Å². The lowest BCUT2D eigenvalue weighted by molar-refractivity contribution is -0.137. The van der Waals surface area contributed by atoms with Crippen LogP contribution in [0.3, 0.4) is 0 Å². The first kappa shape index (κ1) is 13.8. The van der Waals surface area contributed by atoms with Gasteiger partial charge in [0.2, 0.25) is 0 Å². The number of urea groups is 1. The van der Waals surface area contributed by atoms with Crippen LogP contribution >= 0.6 is 0 Å².